The number of hydrazine groups is 1. The summed E-state index contributed by atoms with van der Waals surface area (Å²) >= 11 is 0. The Kier molecular flexibility index (Phi) is 27.3. The first kappa shape index (κ1) is 51.0. The summed E-state index contributed by atoms with van der Waals surface area (Å²) in [5.41, 5.74) is 2.79. The second-order valence-electron chi connectivity index (χ2n) is 12.5. The van der Waals surface area contributed by atoms with Crippen molar-refractivity contribution in [3.8, 4) is 6.07 Å². The van der Waals surface area contributed by atoms with Crippen molar-refractivity contribution in [3.05, 3.63) is 120 Å². The van der Waals surface area contributed by atoms with Crippen LogP contribution in [0.25, 0.3) is 0 Å². The van der Waals surface area contributed by atoms with Crippen molar-refractivity contribution in [2.75, 3.05) is 23.0 Å². The third kappa shape index (κ3) is 20.1. The molecule has 3 N–H and O–H groups in total. The van der Waals surface area contributed by atoms with Crippen molar-refractivity contribution in [1.82, 2.24) is 0 Å². The summed E-state index contributed by atoms with van der Waals surface area (Å²) in [5, 5.41) is 20.4. The molecule has 0 heterocycles. The fourth-order valence-electron chi connectivity index (χ4n) is 4.91. The van der Waals surface area contributed by atoms with E-state index in [1.165, 1.54) is 17.7 Å². The highest BCUT2D eigenvalue weighted by atomic mass is 19.4. The molecule has 5 nitrogen and oxygen atoms in total. The van der Waals surface area contributed by atoms with Crippen molar-refractivity contribution in [3.63, 3.8) is 0 Å². The smallest absolute Gasteiger partial charge is 0.379 e. The lowest BCUT2D eigenvalue weighted by Gasteiger charge is -2.35. The monoisotopic (exact) mass is 743 g/mol. The largest absolute Gasteiger partial charge is 0.418 e. The second-order valence-corrected chi connectivity index (χ2v) is 12.5. The number of aliphatic hydroxyl groups is 1. The minimum Gasteiger partial charge on any atom is -0.379 e. The van der Waals surface area contributed by atoms with Crippen LogP contribution in [0.3, 0.4) is 0 Å². The van der Waals surface area contributed by atoms with Crippen LogP contribution < -0.4 is 15.8 Å². The van der Waals surface area contributed by atoms with Gasteiger partial charge in [0.2, 0.25) is 0 Å². The van der Waals surface area contributed by atoms with E-state index >= 15 is 0 Å². The summed E-state index contributed by atoms with van der Waals surface area (Å²) in [6.07, 6.45) is 10.5. The number of alkyl halides is 3. The zero-order valence-corrected chi connectivity index (χ0v) is 33.7. The molecule has 0 saturated carbocycles. The van der Waals surface area contributed by atoms with Gasteiger partial charge < -0.3 is 10.0 Å². The number of nitriles is 1. The highest BCUT2D eigenvalue weighted by molar-refractivity contribution is 5.55. The number of hydrogen-bond donors (Lipinski definition) is 2. The molecule has 0 aromatic heterocycles. The summed E-state index contributed by atoms with van der Waals surface area (Å²) in [6, 6.07) is 15.3. The minimum atomic E-state index is -4.72. The summed E-state index contributed by atoms with van der Waals surface area (Å²) in [5.74, 6) is 6.07. The van der Waals surface area contributed by atoms with Crippen LogP contribution in [0.5, 0.6) is 0 Å². The molecule has 2 atom stereocenters. The number of para-hydroxylation sites is 1. The van der Waals surface area contributed by atoms with Gasteiger partial charge in [0.1, 0.15) is 5.82 Å². The molecular formula is C44H66F4N4O. The van der Waals surface area contributed by atoms with Gasteiger partial charge in [-0.2, -0.15) is 18.4 Å². The van der Waals surface area contributed by atoms with Gasteiger partial charge in [-0.3, -0.25) is 5.01 Å². The molecule has 0 radical (unpaired) electrons. The third-order valence-electron chi connectivity index (χ3n) is 8.21. The Labute approximate surface area is 318 Å². The Morgan fingerprint density at radius 2 is 1.60 bits per heavy atom. The van der Waals surface area contributed by atoms with Crippen LogP contribution in [0.1, 0.15) is 106 Å². The lowest BCUT2D eigenvalue weighted by molar-refractivity contribution is -0.248. The molecule has 0 amide bonds. The molecule has 0 fully saturated rings. The van der Waals surface area contributed by atoms with Gasteiger partial charge in [0.15, 0.2) is 5.60 Å². The van der Waals surface area contributed by atoms with E-state index in [2.05, 4.69) is 46.1 Å². The van der Waals surface area contributed by atoms with Crippen molar-refractivity contribution < 1.29 is 22.7 Å². The molecule has 53 heavy (non-hydrogen) atoms. The highest BCUT2D eigenvalue weighted by Crippen LogP contribution is 2.33. The van der Waals surface area contributed by atoms with E-state index < -0.39 is 18.3 Å². The fourth-order valence-corrected chi connectivity index (χ4v) is 4.91. The average molecular weight is 743 g/mol. The lowest BCUT2D eigenvalue weighted by Crippen LogP contribution is -2.52. The molecule has 0 aliphatic heterocycles. The number of nitrogens with zero attached hydrogens (tertiary/aromatic N) is 3. The number of benzene rings is 2. The molecule has 2 aromatic rings. The Bertz CT molecular complexity index is 1430. The molecule has 9 heteroatoms. The fraction of sp³-hybridized carbons (Fsp3) is 0.477. The van der Waals surface area contributed by atoms with E-state index in [-0.39, 0.29) is 18.2 Å². The number of allylic oxidation sites excluding steroid dienone is 7. The number of aryl methyl sites for hydroxylation is 1. The van der Waals surface area contributed by atoms with Crippen LogP contribution in [0.4, 0.5) is 28.9 Å². The number of anilines is 2. The summed E-state index contributed by atoms with van der Waals surface area (Å²) in [6.45, 7) is 24.3. The number of hydrogen-bond acceptors (Lipinski definition) is 5. The van der Waals surface area contributed by atoms with Crippen LogP contribution in [0, 0.1) is 23.1 Å². The average Bonchev–Trinajstić information content (AvgIpc) is 3.14. The standard InChI is InChI=1S/C20H27F3N2O.C18H25FN2.C4H8.C2H6/c1-4-8-16(2)12-14-25(15-19(3,26)20(21,22)23)18-11-6-5-9-17(18)10-7-13-24;1-5-15(6-2)9-8-14(4)18(7-3)21(20)17-12-10-16(19)11-13-17;1-3-4-2;1-2/h4-6,8-9,11,16,26H,7,10,12,14-15H2,1-3H3;7,9-13H,3,5-6,8,20H2,1-2,4H3;3H,1,4H2,2H3;1-2H3/b8-4-;18-14+;;. The first-order valence-corrected chi connectivity index (χ1v) is 18.6. The molecule has 296 valence electrons. The quantitative estimate of drug-likeness (QED) is 0.0555. The lowest BCUT2D eigenvalue weighted by atomic mass is 10.0. The zero-order chi connectivity index (χ0) is 41.0. The van der Waals surface area contributed by atoms with Crippen LogP contribution in [-0.4, -0.2) is 30.0 Å². The van der Waals surface area contributed by atoms with Gasteiger partial charge in [-0.05, 0) is 113 Å². The maximum absolute atomic E-state index is 13.2. The normalized spacial score (nSPS) is 12.8. The Balaban J connectivity index is 0. The first-order valence-electron chi connectivity index (χ1n) is 18.6. The van der Waals surface area contributed by atoms with E-state index in [0.717, 1.165) is 55.1 Å². The number of halogens is 4. The predicted octanol–water partition coefficient (Wildman–Crippen LogP) is 12.6. The molecule has 0 aliphatic rings. The number of rotatable bonds is 17. The summed E-state index contributed by atoms with van der Waals surface area (Å²) in [4.78, 5) is 1.58. The van der Waals surface area contributed by atoms with Crippen molar-refractivity contribution in [2.24, 2.45) is 11.8 Å². The summed E-state index contributed by atoms with van der Waals surface area (Å²) in [7, 11) is 0. The van der Waals surface area contributed by atoms with Crippen LogP contribution in [0.2, 0.25) is 0 Å². The van der Waals surface area contributed by atoms with Gasteiger partial charge in [-0.15, -0.1) is 6.58 Å². The van der Waals surface area contributed by atoms with E-state index in [0.29, 0.717) is 25.1 Å². The van der Waals surface area contributed by atoms with E-state index in [9.17, 15) is 22.7 Å². The maximum Gasteiger partial charge on any atom is 0.418 e. The Morgan fingerprint density at radius 3 is 2.08 bits per heavy atom. The molecule has 2 unspecified atom stereocenters. The molecule has 2 rings (SSSR count). The number of nitrogens with two attached hydrogens (primary N) is 1. The van der Waals surface area contributed by atoms with Gasteiger partial charge in [0.25, 0.3) is 0 Å². The SMILES string of the molecule is C/C=C\C(C)CCN(CC(C)(O)C(F)(F)F)c1ccccc1CCC#N.C=C/C(=C(/C)CC=C(CC)CC)N(N)c1ccc(F)cc1.C=CCC.CC. The molecule has 2 aromatic carbocycles. The van der Waals surface area contributed by atoms with Crippen LogP contribution >= 0.6 is 0 Å². The van der Waals surface area contributed by atoms with E-state index in [1.54, 1.807) is 46.3 Å². The van der Waals surface area contributed by atoms with Crippen LogP contribution in [0.15, 0.2) is 109 Å². The van der Waals surface area contributed by atoms with E-state index in [1.807, 2.05) is 58.9 Å². The molecule has 0 saturated heterocycles. The highest BCUT2D eigenvalue weighted by Gasteiger charge is 2.50. The first-order chi connectivity index (χ1) is 25.1. The maximum atomic E-state index is 13.2. The van der Waals surface area contributed by atoms with Crippen LogP contribution in [-0.2, 0) is 6.42 Å². The molecule has 0 aliphatic carbocycles. The van der Waals surface area contributed by atoms with E-state index in [4.69, 9.17) is 11.1 Å². The van der Waals surface area contributed by atoms with Gasteiger partial charge in [0.05, 0.1) is 24.0 Å². The Hall–Kier alpha value is -4.13. The predicted molar refractivity (Wildman–Crippen MR) is 219 cm³/mol. The van der Waals surface area contributed by atoms with Crippen molar-refractivity contribution in [1.29, 1.82) is 5.26 Å². The van der Waals surface area contributed by atoms with Gasteiger partial charge >= 0.3 is 6.18 Å². The molecule has 0 bridgehead atoms. The van der Waals surface area contributed by atoms with Gasteiger partial charge in [0, 0.05) is 18.7 Å². The molecular weight excluding hydrogens is 677 g/mol. The molecule has 0 spiro atoms. The van der Waals surface area contributed by atoms with Gasteiger partial charge in [-0.25, -0.2) is 10.2 Å². The zero-order valence-electron chi connectivity index (χ0n) is 33.7. The Morgan fingerprint density at radius 1 is 1.04 bits per heavy atom. The summed E-state index contributed by atoms with van der Waals surface area (Å²) < 4.78 is 52.6. The third-order valence-corrected chi connectivity index (χ3v) is 8.21. The minimum absolute atomic E-state index is 0.213. The van der Waals surface area contributed by atoms with Gasteiger partial charge in [-0.1, -0.05) is 96.2 Å². The van der Waals surface area contributed by atoms with Crippen molar-refractivity contribution in [2.45, 2.75) is 119 Å². The second kappa shape index (κ2) is 28.4. The van der Waals surface area contributed by atoms with Crippen molar-refractivity contribution >= 4 is 11.4 Å². The topological polar surface area (TPSA) is 76.5 Å².